The topological polar surface area (TPSA) is 86.7 Å². The van der Waals surface area contributed by atoms with E-state index in [1.807, 2.05) is 35.8 Å². The quantitative estimate of drug-likeness (QED) is 0.325. The third-order valence-electron chi connectivity index (χ3n) is 5.07. The van der Waals surface area contributed by atoms with E-state index in [0.717, 1.165) is 22.0 Å². The van der Waals surface area contributed by atoms with Gasteiger partial charge >= 0.3 is 0 Å². The molecule has 0 N–H and O–H groups in total. The van der Waals surface area contributed by atoms with Crippen molar-refractivity contribution in [3.05, 3.63) is 93.8 Å². The van der Waals surface area contributed by atoms with E-state index in [1.54, 1.807) is 30.6 Å². The van der Waals surface area contributed by atoms with E-state index in [0.29, 0.717) is 27.8 Å². The van der Waals surface area contributed by atoms with Crippen LogP contribution in [0.2, 0.25) is 10.0 Å². The predicted octanol–water partition coefficient (Wildman–Crippen LogP) is 5.38. The predicted molar refractivity (Wildman–Crippen MR) is 121 cm³/mol. The summed E-state index contributed by atoms with van der Waals surface area (Å²) in [6.07, 6.45) is 4.73. The van der Waals surface area contributed by atoms with Crippen LogP contribution in [0.3, 0.4) is 0 Å². The first-order chi connectivity index (χ1) is 15.5. The van der Waals surface area contributed by atoms with Gasteiger partial charge in [0.2, 0.25) is 5.82 Å². The Hall–Kier alpha value is -3.55. The lowest BCUT2D eigenvalue weighted by molar-refractivity contribution is 0.0995. The second kappa shape index (κ2) is 8.18. The minimum absolute atomic E-state index is 0.108. The molecule has 0 aliphatic carbocycles. The standard InChI is InChI=1S/C23H15Cl2N5O2/c1-13-2-5-20-16(8-13)17(11-30(20)10-14-3-4-15(24)9-18(14)25)21(31)23-28-22(29-32-23)19-6-7-26-12-27-19/h2-9,11-12H,10H2,1H3. The van der Waals surface area contributed by atoms with Gasteiger partial charge in [-0.15, -0.1) is 0 Å². The number of aryl methyl sites for hydroxylation is 1. The first-order valence-electron chi connectivity index (χ1n) is 9.68. The van der Waals surface area contributed by atoms with Crippen LogP contribution >= 0.6 is 23.2 Å². The number of carbonyl (C=O) groups excluding carboxylic acids is 1. The third-order valence-corrected chi connectivity index (χ3v) is 5.66. The molecule has 0 spiro atoms. The van der Waals surface area contributed by atoms with Gasteiger partial charge in [-0.3, -0.25) is 4.79 Å². The average molecular weight is 464 g/mol. The van der Waals surface area contributed by atoms with Crippen molar-refractivity contribution >= 4 is 39.9 Å². The molecule has 32 heavy (non-hydrogen) atoms. The summed E-state index contributed by atoms with van der Waals surface area (Å²) in [6.45, 7) is 2.44. The third kappa shape index (κ3) is 3.77. The van der Waals surface area contributed by atoms with Gasteiger partial charge < -0.3 is 9.09 Å². The minimum Gasteiger partial charge on any atom is -0.342 e. The van der Waals surface area contributed by atoms with Crippen molar-refractivity contribution in [3.8, 4) is 11.5 Å². The second-order valence-electron chi connectivity index (χ2n) is 7.27. The maximum absolute atomic E-state index is 13.3. The molecule has 0 amide bonds. The van der Waals surface area contributed by atoms with Crippen LogP contribution in [0, 0.1) is 6.92 Å². The Morgan fingerprint density at radius 2 is 2.00 bits per heavy atom. The number of ketones is 1. The normalized spacial score (nSPS) is 11.2. The summed E-state index contributed by atoms with van der Waals surface area (Å²) < 4.78 is 7.23. The van der Waals surface area contributed by atoms with Gasteiger partial charge in [0.1, 0.15) is 12.0 Å². The summed E-state index contributed by atoms with van der Waals surface area (Å²) in [5.41, 5.74) is 3.74. The molecule has 7 nitrogen and oxygen atoms in total. The van der Waals surface area contributed by atoms with Crippen molar-refractivity contribution in [2.24, 2.45) is 0 Å². The SMILES string of the molecule is Cc1ccc2c(c1)c(C(=O)c1nc(-c3ccncn3)no1)cn2Cc1ccc(Cl)cc1Cl. The van der Waals surface area contributed by atoms with Crippen molar-refractivity contribution in [3.63, 3.8) is 0 Å². The fraction of sp³-hybridized carbons (Fsp3) is 0.0870. The number of rotatable bonds is 5. The molecule has 5 aromatic rings. The van der Waals surface area contributed by atoms with E-state index in [-0.39, 0.29) is 17.5 Å². The first-order valence-corrected chi connectivity index (χ1v) is 10.4. The molecule has 0 aliphatic rings. The molecule has 158 valence electrons. The van der Waals surface area contributed by atoms with Gasteiger partial charge in [0.25, 0.3) is 11.7 Å². The molecule has 0 unspecified atom stereocenters. The fourth-order valence-corrected chi connectivity index (χ4v) is 3.98. The van der Waals surface area contributed by atoms with Crippen LogP contribution in [-0.2, 0) is 6.54 Å². The lowest BCUT2D eigenvalue weighted by atomic mass is 10.1. The number of benzene rings is 2. The van der Waals surface area contributed by atoms with Crippen molar-refractivity contribution in [2.45, 2.75) is 13.5 Å². The molecule has 9 heteroatoms. The lowest BCUT2D eigenvalue weighted by Crippen LogP contribution is -2.02. The van der Waals surface area contributed by atoms with Crippen LogP contribution < -0.4 is 0 Å². The highest BCUT2D eigenvalue weighted by Crippen LogP contribution is 2.28. The molecular formula is C23H15Cl2N5O2. The summed E-state index contributed by atoms with van der Waals surface area (Å²) in [6, 6.07) is 12.9. The molecule has 0 saturated carbocycles. The van der Waals surface area contributed by atoms with Gasteiger partial charge in [0, 0.05) is 39.9 Å². The first kappa shape index (κ1) is 20.4. The molecule has 2 aromatic carbocycles. The smallest absolute Gasteiger partial charge is 0.299 e. The molecule has 5 rings (SSSR count). The van der Waals surface area contributed by atoms with E-state index in [9.17, 15) is 4.79 Å². The molecule has 3 aromatic heterocycles. The largest absolute Gasteiger partial charge is 0.342 e. The molecule has 0 aliphatic heterocycles. The maximum Gasteiger partial charge on any atom is 0.299 e. The molecular weight excluding hydrogens is 449 g/mol. The van der Waals surface area contributed by atoms with E-state index in [1.165, 1.54) is 6.33 Å². The Balaban J connectivity index is 1.56. The maximum atomic E-state index is 13.3. The molecule has 0 fully saturated rings. The molecule has 0 atom stereocenters. The van der Waals surface area contributed by atoms with Crippen molar-refractivity contribution in [2.75, 3.05) is 0 Å². The zero-order valence-electron chi connectivity index (χ0n) is 16.8. The van der Waals surface area contributed by atoms with E-state index in [4.69, 9.17) is 27.7 Å². The van der Waals surface area contributed by atoms with E-state index in [2.05, 4.69) is 20.1 Å². The van der Waals surface area contributed by atoms with Crippen LogP contribution in [0.5, 0.6) is 0 Å². The highest BCUT2D eigenvalue weighted by molar-refractivity contribution is 6.35. The van der Waals surface area contributed by atoms with Gasteiger partial charge in [-0.1, -0.05) is 46.1 Å². The molecule has 0 bridgehead atoms. The summed E-state index contributed by atoms with van der Waals surface area (Å²) in [5, 5.41) is 5.81. The number of hydrogen-bond acceptors (Lipinski definition) is 6. The molecule has 3 heterocycles. The molecule has 0 radical (unpaired) electrons. The van der Waals surface area contributed by atoms with Crippen molar-refractivity contribution < 1.29 is 9.32 Å². The fourth-order valence-electron chi connectivity index (χ4n) is 3.51. The Bertz CT molecular complexity index is 1460. The monoisotopic (exact) mass is 463 g/mol. The van der Waals surface area contributed by atoms with Crippen LogP contribution in [-0.4, -0.2) is 30.5 Å². The Morgan fingerprint density at radius 3 is 2.78 bits per heavy atom. The Kier molecular flexibility index (Phi) is 5.20. The number of hydrogen-bond donors (Lipinski definition) is 0. The van der Waals surface area contributed by atoms with Crippen molar-refractivity contribution in [1.29, 1.82) is 0 Å². The highest BCUT2D eigenvalue weighted by Gasteiger charge is 2.23. The lowest BCUT2D eigenvalue weighted by Gasteiger charge is -2.08. The van der Waals surface area contributed by atoms with Crippen LogP contribution in [0.15, 0.2) is 65.7 Å². The van der Waals surface area contributed by atoms with Gasteiger partial charge in [-0.2, -0.15) is 4.98 Å². The summed E-state index contributed by atoms with van der Waals surface area (Å²) in [7, 11) is 0. The van der Waals surface area contributed by atoms with E-state index < -0.39 is 0 Å². The van der Waals surface area contributed by atoms with Gasteiger partial charge in [0.05, 0.1) is 5.56 Å². The van der Waals surface area contributed by atoms with E-state index >= 15 is 0 Å². The Labute approximate surface area is 192 Å². The van der Waals surface area contributed by atoms with Crippen LogP contribution in [0.25, 0.3) is 22.4 Å². The summed E-state index contributed by atoms with van der Waals surface area (Å²) in [4.78, 5) is 25.5. The van der Waals surface area contributed by atoms with Crippen LogP contribution in [0.4, 0.5) is 0 Å². The van der Waals surface area contributed by atoms with Gasteiger partial charge in [-0.25, -0.2) is 9.97 Å². The second-order valence-corrected chi connectivity index (χ2v) is 8.12. The number of halogens is 2. The zero-order chi connectivity index (χ0) is 22.2. The number of carbonyl (C=O) groups is 1. The Morgan fingerprint density at radius 1 is 1.12 bits per heavy atom. The molecule has 0 saturated heterocycles. The number of fused-ring (bicyclic) bond motifs is 1. The van der Waals surface area contributed by atoms with Gasteiger partial charge in [-0.05, 0) is 42.8 Å². The average Bonchev–Trinajstić information content (AvgIpc) is 3.41. The van der Waals surface area contributed by atoms with Crippen molar-refractivity contribution in [1.82, 2.24) is 24.7 Å². The number of aromatic nitrogens is 5. The van der Waals surface area contributed by atoms with Gasteiger partial charge in [0.15, 0.2) is 0 Å². The highest BCUT2D eigenvalue weighted by atomic mass is 35.5. The minimum atomic E-state index is -0.366. The summed E-state index contributed by atoms with van der Waals surface area (Å²) in [5.74, 6) is -0.248. The number of nitrogens with zero attached hydrogens (tertiary/aromatic N) is 5. The zero-order valence-corrected chi connectivity index (χ0v) is 18.3. The summed E-state index contributed by atoms with van der Waals surface area (Å²) >= 11 is 12.4. The van der Waals surface area contributed by atoms with Crippen LogP contribution in [0.1, 0.15) is 27.4 Å².